The fraction of sp³-hybridized carbons (Fsp3) is 0.125. The molecule has 0 aliphatic rings. The number of nitrogens with one attached hydrogen (secondary N) is 2. The van der Waals surface area contributed by atoms with Crippen molar-refractivity contribution in [3.05, 3.63) is 63.6 Å². The van der Waals surface area contributed by atoms with E-state index in [-0.39, 0.29) is 11.5 Å². The number of methoxy groups -OCH3 is 1. The van der Waals surface area contributed by atoms with Gasteiger partial charge in [-0.15, -0.1) is 0 Å². The molecule has 21 heavy (non-hydrogen) atoms. The van der Waals surface area contributed by atoms with E-state index in [0.717, 1.165) is 5.56 Å². The van der Waals surface area contributed by atoms with Crippen molar-refractivity contribution < 1.29 is 9.53 Å². The molecule has 2 N–H and O–H groups in total. The third-order valence-electron chi connectivity index (χ3n) is 3.38. The summed E-state index contributed by atoms with van der Waals surface area (Å²) in [6.07, 6.45) is 0. The molecule has 0 unspecified atom stereocenters. The number of fused-ring (bicyclic) bond motifs is 1. The quantitative estimate of drug-likeness (QED) is 0.724. The summed E-state index contributed by atoms with van der Waals surface area (Å²) in [5, 5.41) is 0. The highest BCUT2D eigenvalue weighted by molar-refractivity contribution is 6.12. The number of aromatic nitrogens is 2. The zero-order valence-electron chi connectivity index (χ0n) is 11.7. The first-order valence-corrected chi connectivity index (χ1v) is 6.50. The third-order valence-corrected chi connectivity index (χ3v) is 3.38. The van der Waals surface area contributed by atoms with Gasteiger partial charge in [0, 0.05) is 5.56 Å². The number of rotatable bonds is 3. The minimum atomic E-state index is -0.289. The Hall–Kier alpha value is -2.82. The van der Waals surface area contributed by atoms with Crippen LogP contribution >= 0.6 is 0 Å². The average Bonchev–Trinajstić information content (AvgIpc) is 2.85. The van der Waals surface area contributed by atoms with Crippen LogP contribution in [0.3, 0.4) is 0 Å². The number of aryl methyl sites for hydroxylation is 1. The van der Waals surface area contributed by atoms with E-state index in [0.29, 0.717) is 27.9 Å². The summed E-state index contributed by atoms with van der Waals surface area (Å²) in [5.41, 5.74) is 2.99. The van der Waals surface area contributed by atoms with Crippen molar-refractivity contribution in [3.8, 4) is 5.75 Å². The van der Waals surface area contributed by atoms with E-state index in [4.69, 9.17) is 4.74 Å². The van der Waals surface area contributed by atoms with Crippen LogP contribution in [0.25, 0.3) is 11.0 Å². The van der Waals surface area contributed by atoms with Crippen molar-refractivity contribution in [2.24, 2.45) is 0 Å². The Balaban J connectivity index is 2.11. The Morgan fingerprint density at radius 2 is 1.81 bits per heavy atom. The zero-order valence-corrected chi connectivity index (χ0v) is 11.7. The Morgan fingerprint density at radius 3 is 2.57 bits per heavy atom. The number of ether oxygens (including phenoxy) is 1. The molecule has 3 aromatic rings. The molecule has 0 fully saturated rings. The Morgan fingerprint density at radius 1 is 1.05 bits per heavy atom. The van der Waals surface area contributed by atoms with Crippen LogP contribution in [0.1, 0.15) is 21.5 Å². The predicted octanol–water partition coefficient (Wildman–Crippen LogP) is 2.40. The Bertz CT molecular complexity index is 890. The van der Waals surface area contributed by atoms with E-state index in [1.54, 1.807) is 30.3 Å². The van der Waals surface area contributed by atoms with Crippen molar-refractivity contribution >= 4 is 16.8 Å². The van der Waals surface area contributed by atoms with Gasteiger partial charge in [0.1, 0.15) is 5.75 Å². The monoisotopic (exact) mass is 282 g/mol. The molecule has 2 aromatic carbocycles. The third kappa shape index (κ3) is 2.33. The van der Waals surface area contributed by atoms with E-state index in [1.165, 1.54) is 7.11 Å². The number of benzene rings is 2. The highest BCUT2D eigenvalue weighted by Crippen LogP contribution is 2.23. The van der Waals surface area contributed by atoms with Crippen LogP contribution in [0.2, 0.25) is 0 Å². The van der Waals surface area contributed by atoms with Gasteiger partial charge in [-0.25, -0.2) is 4.79 Å². The van der Waals surface area contributed by atoms with Gasteiger partial charge < -0.3 is 14.7 Å². The molecule has 1 aromatic heterocycles. The number of H-pyrrole nitrogens is 2. The lowest BCUT2D eigenvalue weighted by Gasteiger charge is -2.08. The van der Waals surface area contributed by atoms with E-state index < -0.39 is 0 Å². The Labute approximate surface area is 120 Å². The minimum absolute atomic E-state index is 0.139. The normalized spacial score (nSPS) is 10.8. The molecule has 0 aliphatic heterocycles. The molecule has 0 bridgehead atoms. The number of imidazole rings is 1. The first kappa shape index (κ1) is 13.2. The molecule has 5 nitrogen and oxygen atoms in total. The molecular weight excluding hydrogens is 268 g/mol. The van der Waals surface area contributed by atoms with Crippen molar-refractivity contribution in [2.75, 3.05) is 7.11 Å². The van der Waals surface area contributed by atoms with Crippen LogP contribution in [0.5, 0.6) is 5.75 Å². The molecular formula is C16H14N2O3. The topological polar surface area (TPSA) is 75.0 Å². The largest absolute Gasteiger partial charge is 0.496 e. The van der Waals surface area contributed by atoms with Gasteiger partial charge >= 0.3 is 5.69 Å². The highest BCUT2D eigenvalue weighted by atomic mass is 16.5. The molecule has 0 spiro atoms. The summed E-state index contributed by atoms with van der Waals surface area (Å²) in [5.74, 6) is 0.396. The number of ketones is 1. The van der Waals surface area contributed by atoms with E-state index in [2.05, 4.69) is 9.97 Å². The molecule has 0 saturated heterocycles. The molecule has 1 heterocycles. The van der Waals surface area contributed by atoms with Crippen molar-refractivity contribution in [3.63, 3.8) is 0 Å². The van der Waals surface area contributed by atoms with Crippen LogP contribution in [-0.4, -0.2) is 22.9 Å². The van der Waals surface area contributed by atoms with Crippen LogP contribution < -0.4 is 10.4 Å². The van der Waals surface area contributed by atoms with Gasteiger partial charge in [0.15, 0.2) is 5.78 Å². The van der Waals surface area contributed by atoms with Crippen molar-refractivity contribution in [1.29, 1.82) is 0 Å². The van der Waals surface area contributed by atoms with Gasteiger partial charge in [-0.05, 0) is 37.3 Å². The van der Waals surface area contributed by atoms with Crippen molar-refractivity contribution in [1.82, 2.24) is 9.97 Å². The van der Waals surface area contributed by atoms with Gasteiger partial charge in [0.05, 0.1) is 23.7 Å². The number of carbonyl (C=O) groups excluding carboxylic acids is 1. The fourth-order valence-corrected chi connectivity index (χ4v) is 2.33. The van der Waals surface area contributed by atoms with Gasteiger partial charge in [0.2, 0.25) is 0 Å². The first-order valence-electron chi connectivity index (χ1n) is 6.50. The molecule has 3 rings (SSSR count). The molecule has 0 amide bonds. The second-order valence-corrected chi connectivity index (χ2v) is 4.87. The minimum Gasteiger partial charge on any atom is -0.496 e. The van der Waals surface area contributed by atoms with Crippen LogP contribution in [-0.2, 0) is 0 Å². The fourth-order valence-electron chi connectivity index (χ4n) is 2.33. The van der Waals surface area contributed by atoms with Crippen LogP contribution in [0, 0.1) is 6.92 Å². The summed E-state index contributed by atoms with van der Waals surface area (Å²) < 4.78 is 5.25. The van der Waals surface area contributed by atoms with E-state index in [9.17, 15) is 9.59 Å². The van der Waals surface area contributed by atoms with Crippen LogP contribution in [0.4, 0.5) is 0 Å². The molecule has 0 saturated carbocycles. The number of hydrogen-bond acceptors (Lipinski definition) is 3. The second kappa shape index (κ2) is 4.94. The standard InChI is InChI=1S/C16H14N2O3/c1-9-3-6-14(21-2)11(7-9)15(19)10-4-5-12-13(8-10)18-16(20)17-12/h3-8H,1-2H3,(H2,17,18,20). The maximum Gasteiger partial charge on any atom is 0.323 e. The SMILES string of the molecule is COc1ccc(C)cc1C(=O)c1ccc2[nH]c(=O)[nH]c2c1. The summed E-state index contributed by atoms with van der Waals surface area (Å²) in [7, 11) is 1.54. The number of hydrogen-bond donors (Lipinski definition) is 2. The lowest BCUT2D eigenvalue weighted by molar-refractivity contribution is 0.103. The average molecular weight is 282 g/mol. The van der Waals surface area contributed by atoms with E-state index in [1.807, 2.05) is 13.0 Å². The lowest BCUT2D eigenvalue weighted by atomic mass is 10.0. The maximum absolute atomic E-state index is 12.6. The van der Waals surface area contributed by atoms with Gasteiger partial charge in [-0.2, -0.15) is 0 Å². The summed E-state index contributed by atoms with van der Waals surface area (Å²) >= 11 is 0. The van der Waals surface area contributed by atoms with Crippen molar-refractivity contribution in [2.45, 2.75) is 6.92 Å². The van der Waals surface area contributed by atoms with E-state index >= 15 is 0 Å². The first-order chi connectivity index (χ1) is 10.1. The highest BCUT2D eigenvalue weighted by Gasteiger charge is 2.15. The second-order valence-electron chi connectivity index (χ2n) is 4.87. The smallest absolute Gasteiger partial charge is 0.323 e. The summed E-state index contributed by atoms with van der Waals surface area (Å²) in [4.78, 5) is 29.2. The number of aromatic amines is 2. The summed E-state index contributed by atoms with van der Waals surface area (Å²) in [6, 6.07) is 10.5. The molecule has 0 aliphatic carbocycles. The molecule has 0 radical (unpaired) electrons. The zero-order chi connectivity index (χ0) is 15.0. The van der Waals surface area contributed by atoms with Gasteiger partial charge in [0.25, 0.3) is 0 Å². The van der Waals surface area contributed by atoms with Gasteiger partial charge in [-0.3, -0.25) is 4.79 Å². The number of carbonyl (C=O) groups is 1. The Kier molecular flexibility index (Phi) is 3.10. The van der Waals surface area contributed by atoms with Gasteiger partial charge in [-0.1, -0.05) is 11.6 Å². The lowest BCUT2D eigenvalue weighted by Crippen LogP contribution is -2.04. The molecule has 0 atom stereocenters. The summed E-state index contributed by atoms with van der Waals surface area (Å²) in [6.45, 7) is 1.92. The predicted molar refractivity (Wildman–Crippen MR) is 80.1 cm³/mol. The molecule has 106 valence electrons. The molecule has 5 heteroatoms. The van der Waals surface area contributed by atoms with Crippen LogP contribution in [0.15, 0.2) is 41.2 Å². The maximum atomic E-state index is 12.6.